The lowest BCUT2D eigenvalue weighted by atomic mass is 10.0. The molecule has 0 heterocycles. The van der Waals surface area contributed by atoms with Gasteiger partial charge in [0.1, 0.15) is 0 Å². The molecular weight excluding hydrogens is 288 g/mol. The molecule has 0 N–H and O–H groups in total. The van der Waals surface area contributed by atoms with E-state index >= 15 is 0 Å². The first kappa shape index (κ1) is 15.2. The molecule has 0 saturated heterocycles. The van der Waals surface area contributed by atoms with Crippen LogP contribution in [0, 0.1) is 24.2 Å². The zero-order valence-electron chi connectivity index (χ0n) is 11.4. The normalized spacial score (nSPS) is 12.4. The number of nitriles is 1. The maximum Gasteiger partial charge on any atom is 0.0669 e. The molecule has 0 saturated carbocycles. The van der Waals surface area contributed by atoms with Crippen LogP contribution in [-0.2, 0) is 6.42 Å². The van der Waals surface area contributed by atoms with Crippen molar-refractivity contribution in [2.45, 2.75) is 26.7 Å². The van der Waals surface area contributed by atoms with E-state index in [1.807, 2.05) is 0 Å². The molecule has 0 spiro atoms. The SMILES string of the molecule is CCC(C#N)CN(C)CCc1cc(Br)ccc1C. The van der Waals surface area contributed by atoms with E-state index in [1.165, 1.54) is 11.1 Å². The average Bonchev–Trinajstić information content (AvgIpc) is 2.37. The molecule has 98 valence electrons. The van der Waals surface area contributed by atoms with Gasteiger partial charge in [-0.25, -0.2) is 0 Å². The predicted octanol–water partition coefficient (Wildman–Crippen LogP) is 3.78. The first-order valence-electron chi connectivity index (χ1n) is 6.40. The zero-order valence-corrected chi connectivity index (χ0v) is 13.0. The van der Waals surface area contributed by atoms with Gasteiger partial charge in [-0.1, -0.05) is 28.9 Å². The monoisotopic (exact) mass is 308 g/mol. The topological polar surface area (TPSA) is 27.0 Å². The molecule has 0 aliphatic rings. The highest BCUT2D eigenvalue weighted by atomic mass is 79.9. The van der Waals surface area contributed by atoms with Crippen molar-refractivity contribution in [3.63, 3.8) is 0 Å². The Morgan fingerprint density at radius 3 is 2.78 bits per heavy atom. The number of hydrogen-bond donors (Lipinski definition) is 0. The Morgan fingerprint density at radius 2 is 2.17 bits per heavy atom. The maximum atomic E-state index is 8.96. The summed E-state index contributed by atoms with van der Waals surface area (Å²) in [5.41, 5.74) is 2.71. The van der Waals surface area contributed by atoms with Gasteiger partial charge in [0.25, 0.3) is 0 Å². The van der Waals surface area contributed by atoms with Crippen LogP contribution in [0.4, 0.5) is 0 Å². The van der Waals surface area contributed by atoms with Crippen LogP contribution in [0.5, 0.6) is 0 Å². The Bertz CT molecular complexity index is 423. The highest BCUT2D eigenvalue weighted by Gasteiger charge is 2.09. The van der Waals surface area contributed by atoms with E-state index in [1.54, 1.807) is 0 Å². The van der Waals surface area contributed by atoms with Crippen LogP contribution < -0.4 is 0 Å². The molecule has 1 aromatic rings. The molecule has 0 radical (unpaired) electrons. The van der Waals surface area contributed by atoms with Gasteiger partial charge in [0.05, 0.1) is 12.0 Å². The van der Waals surface area contributed by atoms with Crippen molar-refractivity contribution in [3.8, 4) is 6.07 Å². The van der Waals surface area contributed by atoms with Gasteiger partial charge >= 0.3 is 0 Å². The second-order valence-electron chi connectivity index (χ2n) is 4.82. The number of likely N-dealkylation sites (N-methyl/N-ethyl adjacent to an activating group) is 1. The predicted molar refractivity (Wildman–Crippen MR) is 79.5 cm³/mol. The fourth-order valence-electron chi connectivity index (χ4n) is 1.95. The molecule has 1 unspecified atom stereocenters. The van der Waals surface area contributed by atoms with E-state index in [2.05, 4.69) is 66.0 Å². The van der Waals surface area contributed by atoms with E-state index in [0.717, 1.165) is 30.4 Å². The molecular formula is C15H21BrN2. The molecule has 1 aromatic carbocycles. The summed E-state index contributed by atoms with van der Waals surface area (Å²) in [6.45, 7) is 6.07. The van der Waals surface area contributed by atoms with Gasteiger partial charge in [0.2, 0.25) is 0 Å². The summed E-state index contributed by atoms with van der Waals surface area (Å²) in [6.07, 6.45) is 1.96. The van der Waals surface area contributed by atoms with Crippen molar-refractivity contribution in [3.05, 3.63) is 33.8 Å². The molecule has 1 rings (SSSR count). The van der Waals surface area contributed by atoms with Gasteiger partial charge in [-0.3, -0.25) is 0 Å². The van der Waals surface area contributed by atoms with Gasteiger partial charge in [-0.2, -0.15) is 5.26 Å². The molecule has 0 amide bonds. The third-order valence-electron chi connectivity index (χ3n) is 3.28. The lowest BCUT2D eigenvalue weighted by Crippen LogP contribution is -2.27. The van der Waals surface area contributed by atoms with Crippen LogP contribution in [0.2, 0.25) is 0 Å². The summed E-state index contributed by atoms with van der Waals surface area (Å²) in [4.78, 5) is 2.25. The fourth-order valence-corrected chi connectivity index (χ4v) is 2.36. The van der Waals surface area contributed by atoms with Crippen LogP contribution in [0.1, 0.15) is 24.5 Å². The lowest BCUT2D eigenvalue weighted by Gasteiger charge is -2.19. The molecule has 0 aliphatic carbocycles. The second-order valence-corrected chi connectivity index (χ2v) is 5.73. The number of benzene rings is 1. The number of halogens is 1. The maximum absolute atomic E-state index is 8.96. The molecule has 0 bridgehead atoms. The first-order chi connectivity index (χ1) is 8.56. The summed E-state index contributed by atoms with van der Waals surface area (Å²) >= 11 is 3.51. The third kappa shape index (κ3) is 4.80. The van der Waals surface area contributed by atoms with E-state index in [-0.39, 0.29) is 5.92 Å². The fraction of sp³-hybridized carbons (Fsp3) is 0.533. The van der Waals surface area contributed by atoms with Crippen LogP contribution >= 0.6 is 15.9 Å². The van der Waals surface area contributed by atoms with E-state index in [9.17, 15) is 0 Å². The highest BCUT2D eigenvalue weighted by molar-refractivity contribution is 9.10. The first-order valence-corrected chi connectivity index (χ1v) is 7.19. The van der Waals surface area contributed by atoms with Gasteiger partial charge < -0.3 is 4.90 Å². The number of rotatable bonds is 6. The second kappa shape index (κ2) is 7.56. The minimum Gasteiger partial charge on any atom is -0.305 e. The lowest BCUT2D eigenvalue weighted by molar-refractivity contribution is 0.303. The van der Waals surface area contributed by atoms with Crippen molar-refractivity contribution < 1.29 is 0 Å². The minimum absolute atomic E-state index is 0.151. The van der Waals surface area contributed by atoms with Gasteiger partial charge in [-0.05, 0) is 50.1 Å². The van der Waals surface area contributed by atoms with Crippen molar-refractivity contribution in [2.75, 3.05) is 20.1 Å². The van der Waals surface area contributed by atoms with Crippen molar-refractivity contribution in [1.82, 2.24) is 4.90 Å². The Morgan fingerprint density at radius 1 is 1.44 bits per heavy atom. The Kier molecular flexibility index (Phi) is 6.38. The Balaban J connectivity index is 2.50. The number of hydrogen-bond acceptors (Lipinski definition) is 2. The standard InChI is InChI=1S/C15H21BrN2/c1-4-13(10-17)11-18(3)8-7-14-9-15(16)6-5-12(14)2/h5-6,9,13H,4,7-8,11H2,1-3H3. The van der Waals surface area contributed by atoms with Crippen molar-refractivity contribution in [1.29, 1.82) is 5.26 Å². The van der Waals surface area contributed by atoms with E-state index in [0.29, 0.717) is 0 Å². The molecule has 0 aliphatic heterocycles. The van der Waals surface area contributed by atoms with Crippen molar-refractivity contribution >= 4 is 15.9 Å². The summed E-state index contributed by atoms with van der Waals surface area (Å²) in [7, 11) is 2.09. The number of aryl methyl sites for hydroxylation is 1. The van der Waals surface area contributed by atoms with Crippen LogP contribution in [-0.4, -0.2) is 25.0 Å². The molecule has 2 nitrogen and oxygen atoms in total. The molecule has 0 aromatic heterocycles. The summed E-state index contributed by atoms with van der Waals surface area (Å²) in [6, 6.07) is 8.75. The van der Waals surface area contributed by atoms with Gasteiger partial charge in [0.15, 0.2) is 0 Å². The van der Waals surface area contributed by atoms with Gasteiger partial charge in [-0.15, -0.1) is 0 Å². The van der Waals surface area contributed by atoms with Crippen LogP contribution in [0.25, 0.3) is 0 Å². The Labute approximate surface area is 119 Å². The van der Waals surface area contributed by atoms with E-state index < -0.39 is 0 Å². The molecule has 1 atom stereocenters. The van der Waals surface area contributed by atoms with Crippen LogP contribution in [0.3, 0.4) is 0 Å². The van der Waals surface area contributed by atoms with E-state index in [4.69, 9.17) is 5.26 Å². The Hall–Kier alpha value is -0.850. The summed E-state index contributed by atoms with van der Waals surface area (Å²) in [5, 5.41) is 8.96. The molecule has 3 heteroatoms. The van der Waals surface area contributed by atoms with Crippen molar-refractivity contribution in [2.24, 2.45) is 5.92 Å². The summed E-state index contributed by atoms with van der Waals surface area (Å²) in [5.74, 6) is 0.151. The average molecular weight is 309 g/mol. The largest absolute Gasteiger partial charge is 0.305 e. The van der Waals surface area contributed by atoms with Gasteiger partial charge in [0, 0.05) is 17.6 Å². The minimum atomic E-state index is 0.151. The smallest absolute Gasteiger partial charge is 0.0669 e. The van der Waals surface area contributed by atoms with Crippen LogP contribution in [0.15, 0.2) is 22.7 Å². The summed E-state index contributed by atoms with van der Waals surface area (Å²) < 4.78 is 1.13. The molecule has 18 heavy (non-hydrogen) atoms. The highest BCUT2D eigenvalue weighted by Crippen LogP contribution is 2.16. The number of nitrogens with zero attached hydrogens (tertiary/aromatic N) is 2. The molecule has 0 fully saturated rings. The zero-order chi connectivity index (χ0) is 13.5. The quantitative estimate of drug-likeness (QED) is 0.799. The third-order valence-corrected chi connectivity index (χ3v) is 3.77.